The molecule has 1 heterocycles. The average molecular weight is 142 g/mol. The first-order chi connectivity index (χ1) is 4.83. The van der Waals surface area contributed by atoms with Crippen molar-refractivity contribution in [2.45, 2.75) is 12.5 Å². The fourth-order valence-corrected chi connectivity index (χ4v) is 1.35. The molecule has 0 N–H and O–H groups in total. The number of esters is 1. The van der Waals surface area contributed by atoms with Gasteiger partial charge in [-0.1, -0.05) is 0 Å². The van der Waals surface area contributed by atoms with Crippen molar-refractivity contribution in [3.05, 3.63) is 0 Å². The van der Waals surface area contributed by atoms with E-state index in [4.69, 9.17) is 4.74 Å². The van der Waals surface area contributed by atoms with Crippen LogP contribution in [-0.4, -0.2) is 25.8 Å². The molecule has 1 saturated heterocycles. The number of hydrogen-bond donors (Lipinski definition) is 0. The summed E-state index contributed by atoms with van der Waals surface area (Å²) in [6.07, 6.45) is 1.35. The molecule has 2 rings (SSSR count). The van der Waals surface area contributed by atoms with E-state index in [0.29, 0.717) is 12.0 Å². The Labute approximate surface area is 59.3 Å². The maximum atomic E-state index is 10.8. The van der Waals surface area contributed by atoms with Crippen molar-refractivity contribution >= 4 is 5.97 Å². The number of hydrogen-bond acceptors (Lipinski definition) is 3. The van der Waals surface area contributed by atoms with E-state index in [1.807, 2.05) is 0 Å². The van der Waals surface area contributed by atoms with Gasteiger partial charge < -0.3 is 9.47 Å². The third-order valence-corrected chi connectivity index (χ3v) is 2.18. The molecule has 2 fully saturated rings. The van der Waals surface area contributed by atoms with Gasteiger partial charge in [0.25, 0.3) is 0 Å². The van der Waals surface area contributed by atoms with Crippen LogP contribution in [0.5, 0.6) is 0 Å². The minimum atomic E-state index is -0.0690. The summed E-state index contributed by atoms with van der Waals surface area (Å²) in [5.74, 6) is 0.561. The summed E-state index contributed by atoms with van der Waals surface area (Å²) in [5.41, 5.74) is 0. The molecule has 3 nitrogen and oxygen atoms in total. The van der Waals surface area contributed by atoms with Crippen LogP contribution in [0, 0.1) is 11.8 Å². The molecule has 3 atom stereocenters. The van der Waals surface area contributed by atoms with Crippen LogP contribution in [0.25, 0.3) is 0 Å². The van der Waals surface area contributed by atoms with Gasteiger partial charge in [0.2, 0.25) is 0 Å². The van der Waals surface area contributed by atoms with Crippen molar-refractivity contribution in [1.82, 2.24) is 0 Å². The van der Waals surface area contributed by atoms with Crippen molar-refractivity contribution in [3.8, 4) is 0 Å². The van der Waals surface area contributed by atoms with Crippen molar-refractivity contribution in [2.24, 2.45) is 11.8 Å². The van der Waals surface area contributed by atoms with Crippen molar-refractivity contribution in [2.75, 3.05) is 13.7 Å². The summed E-state index contributed by atoms with van der Waals surface area (Å²) in [5, 5.41) is 0. The van der Waals surface area contributed by atoms with Crippen LogP contribution in [0.4, 0.5) is 0 Å². The first-order valence-corrected chi connectivity index (χ1v) is 3.52. The summed E-state index contributed by atoms with van der Waals surface area (Å²) in [4.78, 5) is 10.8. The molecule has 0 bridgehead atoms. The molecular weight excluding hydrogens is 132 g/mol. The van der Waals surface area contributed by atoms with Crippen LogP contribution < -0.4 is 0 Å². The third-order valence-electron chi connectivity index (χ3n) is 2.18. The Balaban J connectivity index is 1.82. The average Bonchev–Trinajstić information content (AvgIpc) is 2.74. The van der Waals surface area contributed by atoms with Crippen molar-refractivity contribution < 1.29 is 14.3 Å². The van der Waals surface area contributed by atoms with Crippen LogP contribution in [0.1, 0.15) is 6.42 Å². The Kier molecular flexibility index (Phi) is 1.20. The van der Waals surface area contributed by atoms with E-state index >= 15 is 0 Å². The van der Waals surface area contributed by atoms with Gasteiger partial charge in [-0.05, 0) is 6.42 Å². The van der Waals surface area contributed by atoms with E-state index in [-0.39, 0.29) is 11.9 Å². The molecular formula is C7H10O3. The molecule has 1 saturated carbocycles. The molecule has 0 spiro atoms. The number of rotatable bonds is 2. The third kappa shape index (κ3) is 0.904. The maximum Gasteiger partial charge on any atom is 0.309 e. The zero-order chi connectivity index (χ0) is 7.14. The first kappa shape index (κ1) is 6.16. The van der Waals surface area contributed by atoms with E-state index in [1.54, 1.807) is 0 Å². The highest BCUT2D eigenvalue weighted by atomic mass is 16.6. The Morgan fingerprint density at radius 3 is 2.90 bits per heavy atom. The molecule has 2 aliphatic rings. The SMILES string of the molecule is COC(=O)[C@@H]1C[C@@H]1[C@@H]1CO1. The molecule has 1 aliphatic heterocycles. The standard InChI is InChI=1S/C7H10O3/c1-9-7(8)5-2-4(5)6-3-10-6/h4-6H,2-3H2,1H3/t4-,5+,6-/m0/s1. The van der Waals surface area contributed by atoms with Crippen LogP contribution >= 0.6 is 0 Å². The maximum absolute atomic E-state index is 10.8. The van der Waals surface area contributed by atoms with Gasteiger partial charge in [-0.2, -0.15) is 0 Å². The second-order valence-corrected chi connectivity index (χ2v) is 2.90. The lowest BCUT2D eigenvalue weighted by atomic mass is 10.2. The summed E-state index contributed by atoms with van der Waals surface area (Å²) < 4.78 is 9.64. The van der Waals surface area contributed by atoms with Gasteiger partial charge in [0.15, 0.2) is 0 Å². The highest BCUT2D eigenvalue weighted by molar-refractivity contribution is 5.75. The van der Waals surface area contributed by atoms with Crippen LogP contribution in [-0.2, 0) is 14.3 Å². The number of carbonyl (C=O) groups excluding carboxylic acids is 1. The zero-order valence-corrected chi connectivity index (χ0v) is 5.87. The van der Waals surface area contributed by atoms with Crippen LogP contribution in [0.3, 0.4) is 0 Å². The fraction of sp³-hybridized carbons (Fsp3) is 0.857. The second-order valence-electron chi connectivity index (χ2n) is 2.90. The first-order valence-electron chi connectivity index (χ1n) is 3.52. The summed E-state index contributed by atoms with van der Waals surface area (Å²) >= 11 is 0. The highest BCUT2D eigenvalue weighted by Gasteiger charge is 2.53. The van der Waals surface area contributed by atoms with Crippen molar-refractivity contribution in [1.29, 1.82) is 0 Å². The predicted molar refractivity (Wildman–Crippen MR) is 33.4 cm³/mol. The fourth-order valence-electron chi connectivity index (χ4n) is 1.35. The number of methoxy groups -OCH3 is 1. The Hall–Kier alpha value is -0.570. The van der Waals surface area contributed by atoms with E-state index in [1.165, 1.54) is 7.11 Å². The summed E-state index contributed by atoms with van der Waals surface area (Å²) in [6, 6.07) is 0. The minimum Gasteiger partial charge on any atom is -0.469 e. The molecule has 0 aromatic heterocycles. The Morgan fingerprint density at radius 2 is 2.40 bits per heavy atom. The molecule has 1 aliphatic carbocycles. The Morgan fingerprint density at radius 1 is 1.70 bits per heavy atom. The van der Waals surface area contributed by atoms with Crippen LogP contribution in [0.15, 0.2) is 0 Å². The number of epoxide rings is 1. The molecule has 10 heavy (non-hydrogen) atoms. The Bertz CT molecular complexity index is 162. The van der Waals surface area contributed by atoms with Gasteiger partial charge in [-0.15, -0.1) is 0 Å². The second kappa shape index (κ2) is 1.95. The number of ether oxygens (including phenoxy) is 2. The summed E-state index contributed by atoms with van der Waals surface area (Å²) in [7, 11) is 1.44. The lowest BCUT2D eigenvalue weighted by Gasteiger charge is -1.93. The molecule has 3 heteroatoms. The van der Waals surface area contributed by atoms with E-state index < -0.39 is 0 Å². The molecule has 0 radical (unpaired) electrons. The monoisotopic (exact) mass is 142 g/mol. The van der Waals surface area contributed by atoms with Gasteiger partial charge in [0.1, 0.15) is 0 Å². The largest absolute Gasteiger partial charge is 0.469 e. The molecule has 0 aromatic rings. The van der Waals surface area contributed by atoms with Crippen LogP contribution in [0.2, 0.25) is 0 Å². The smallest absolute Gasteiger partial charge is 0.309 e. The topological polar surface area (TPSA) is 38.8 Å². The van der Waals surface area contributed by atoms with Gasteiger partial charge in [0, 0.05) is 5.92 Å². The van der Waals surface area contributed by atoms with E-state index in [2.05, 4.69) is 4.74 Å². The normalized spacial score (nSPS) is 42.7. The number of carbonyl (C=O) groups is 1. The highest BCUT2D eigenvalue weighted by Crippen LogP contribution is 2.47. The molecule has 0 unspecified atom stereocenters. The molecule has 0 aromatic carbocycles. The predicted octanol–water partition coefficient (Wildman–Crippen LogP) is 0.194. The van der Waals surface area contributed by atoms with E-state index in [0.717, 1.165) is 13.0 Å². The zero-order valence-electron chi connectivity index (χ0n) is 5.87. The van der Waals surface area contributed by atoms with Gasteiger partial charge >= 0.3 is 5.97 Å². The van der Waals surface area contributed by atoms with Gasteiger partial charge in [-0.25, -0.2) is 0 Å². The minimum absolute atomic E-state index is 0.0690. The van der Waals surface area contributed by atoms with Crippen molar-refractivity contribution in [3.63, 3.8) is 0 Å². The lowest BCUT2D eigenvalue weighted by Crippen LogP contribution is -2.06. The van der Waals surface area contributed by atoms with Gasteiger partial charge in [0.05, 0.1) is 25.7 Å². The summed E-state index contributed by atoms with van der Waals surface area (Å²) in [6.45, 7) is 0.845. The lowest BCUT2D eigenvalue weighted by molar-refractivity contribution is -0.142. The molecule has 0 amide bonds. The quantitative estimate of drug-likeness (QED) is 0.408. The molecule has 56 valence electrons. The van der Waals surface area contributed by atoms with Gasteiger partial charge in [-0.3, -0.25) is 4.79 Å². The van der Waals surface area contributed by atoms with E-state index in [9.17, 15) is 4.79 Å².